The van der Waals surface area contributed by atoms with Crippen LogP contribution in [0, 0.1) is 5.92 Å². The van der Waals surface area contributed by atoms with E-state index in [2.05, 4.69) is 43.0 Å². The fourth-order valence-corrected chi connectivity index (χ4v) is 7.37. The third kappa shape index (κ3) is 13.2. The summed E-state index contributed by atoms with van der Waals surface area (Å²) in [5, 5.41) is 12.2. The molecule has 2 heterocycles. The molecule has 0 radical (unpaired) electrons. The monoisotopic (exact) mass is 761 g/mol. The summed E-state index contributed by atoms with van der Waals surface area (Å²) < 4.78 is 29.3. The number of carboxylic acid groups (broad SMARTS) is 1. The third-order valence-corrected chi connectivity index (χ3v) is 11.4. The minimum atomic E-state index is -3.46. The van der Waals surface area contributed by atoms with E-state index in [4.69, 9.17) is 4.74 Å². The number of hydrogen-bond acceptors (Lipinski definition) is 9. The molecule has 1 unspecified atom stereocenters. The predicted molar refractivity (Wildman–Crippen MR) is 210 cm³/mol. The smallest absolute Gasteiger partial charge is 0.326 e. The molecule has 2 aromatic heterocycles. The Kier molecular flexibility index (Phi) is 14.9. The van der Waals surface area contributed by atoms with Crippen LogP contribution in [0.3, 0.4) is 0 Å². The van der Waals surface area contributed by atoms with Crippen molar-refractivity contribution in [3.63, 3.8) is 0 Å². The lowest BCUT2D eigenvalue weighted by Gasteiger charge is -2.20. The number of carbonyl (C=O) groups is 3. The van der Waals surface area contributed by atoms with Crippen LogP contribution >= 0.6 is 11.3 Å². The summed E-state index contributed by atoms with van der Waals surface area (Å²) in [5.74, 6) is -2.13. The van der Waals surface area contributed by atoms with Crippen molar-refractivity contribution in [3.05, 3.63) is 88.4 Å². The molecule has 2 N–H and O–H groups in total. The summed E-state index contributed by atoms with van der Waals surface area (Å²) in [6.45, 7) is 9.08. The zero-order valence-electron chi connectivity index (χ0n) is 31.3. The Bertz CT molecular complexity index is 1920. The number of carboxylic acids is 1. The summed E-state index contributed by atoms with van der Waals surface area (Å²) in [4.78, 5) is 49.7. The minimum Gasteiger partial charge on any atom is -0.494 e. The van der Waals surface area contributed by atoms with Gasteiger partial charge in [0.15, 0.2) is 11.6 Å². The molecule has 2 atom stereocenters. The van der Waals surface area contributed by atoms with Gasteiger partial charge < -0.3 is 15.2 Å². The number of amides is 1. The van der Waals surface area contributed by atoms with Crippen molar-refractivity contribution >= 4 is 38.8 Å². The van der Waals surface area contributed by atoms with E-state index in [-0.39, 0.29) is 30.5 Å². The number of nitrogens with zero attached hydrogens (tertiary/aromatic N) is 2. The number of unbranched alkanes of at least 4 members (excludes halogenated alkanes) is 4. The highest BCUT2D eigenvalue weighted by molar-refractivity contribution is 7.90. The zero-order chi connectivity index (χ0) is 38.6. The Hall–Kier alpha value is -4.42. The number of ketones is 1. The molecule has 0 saturated heterocycles. The first-order valence-electron chi connectivity index (χ1n) is 18.1. The number of ether oxygens (including phenoxy) is 1. The van der Waals surface area contributed by atoms with Crippen LogP contribution in [0.5, 0.6) is 5.75 Å². The number of nitrogens with one attached hydrogen (secondary N) is 1. The molecule has 53 heavy (non-hydrogen) atoms. The lowest BCUT2D eigenvalue weighted by Crippen LogP contribution is -2.45. The zero-order valence-corrected chi connectivity index (χ0v) is 32.9. The molecular weight excluding hydrogens is 711 g/mol. The maximum absolute atomic E-state index is 13.6. The fourth-order valence-electron chi connectivity index (χ4n) is 5.69. The Morgan fingerprint density at radius 2 is 1.51 bits per heavy atom. The van der Waals surface area contributed by atoms with Gasteiger partial charge in [-0.3, -0.25) is 9.59 Å². The second kappa shape index (κ2) is 19.1. The maximum atomic E-state index is 13.6. The normalized spacial score (nSPS) is 12.9. The van der Waals surface area contributed by atoms with Crippen LogP contribution in [0.2, 0.25) is 0 Å². The molecule has 0 aliphatic carbocycles. The summed E-state index contributed by atoms with van der Waals surface area (Å²) in [7, 11) is -3.46. The molecular formula is C41H51N3O7S2. The van der Waals surface area contributed by atoms with E-state index in [0.717, 1.165) is 45.6 Å². The molecule has 0 aliphatic rings. The Balaban J connectivity index is 1.44. The van der Waals surface area contributed by atoms with E-state index in [9.17, 15) is 27.9 Å². The van der Waals surface area contributed by atoms with E-state index in [1.165, 1.54) is 37.0 Å². The highest BCUT2D eigenvalue weighted by Gasteiger charge is 2.29. The molecule has 10 nitrogen and oxygen atoms in total. The molecule has 2 aromatic carbocycles. The number of aromatic nitrogens is 2. The van der Waals surface area contributed by atoms with Gasteiger partial charge in [0.1, 0.15) is 21.6 Å². The van der Waals surface area contributed by atoms with E-state index < -0.39 is 39.4 Å². The molecule has 12 heteroatoms. The summed E-state index contributed by atoms with van der Waals surface area (Å²) in [6.07, 6.45) is 10.2. The Labute approximate surface area is 317 Å². The number of carbonyl (C=O) groups excluding carboxylic acids is 2. The number of benzene rings is 2. The maximum Gasteiger partial charge on any atom is 0.326 e. The van der Waals surface area contributed by atoms with Crippen LogP contribution in [0.15, 0.2) is 73.1 Å². The largest absolute Gasteiger partial charge is 0.494 e. The molecule has 0 fully saturated rings. The molecule has 284 valence electrons. The van der Waals surface area contributed by atoms with Crippen LogP contribution in [-0.4, -0.2) is 65.8 Å². The highest BCUT2D eigenvalue weighted by Crippen LogP contribution is 2.31. The fraction of sp³-hybridized carbons (Fsp3) is 0.439. The molecule has 1 amide bonds. The van der Waals surface area contributed by atoms with Gasteiger partial charge in [-0.1, -0.05) is 89.8 Å². The van der Waals surface area contributed by atoms with Gasteiger partial charge in [0, 0.05) is 47.0 Å². The molecule has 4 aromatic rings. The van der Waals surface area contributed by atoms with Crippen molar-refractivity contribution in [2.75, 3.05) is 18.6 Å². The van der Waals surface area contributed by atoms with Gasteiger partial charge in [0.2, 0.25) is 5.91 Å². The lowest BCUT2D eigenvalue weighted by atomic mass is 9.92. The van der Waals surface area contributed by atoms with E-state index >= 15 is 0 Å². The SMILES string of the molecule is CCCCCCCOc1ccc(-c2cnc(-c3ccc(C[C@H](CC(=O)c4ccc(C(C)(C)C)s4)C(=O)NC(CCS(C)(=O)=O)C(=O)O)cc3)nc2)cc1. The lowest BCUT2D eigenvalue weighted by molar-refractivity contribution is -0.142. The Morgan fingerprint density at radius 3 is 2.09 bits per heavy atom. The van der Waals surface area contributed by atoms with Gasteiger partial charge in [-0.15, -0.1) is 11.3 Å². The first-order valence-corrected chi connectivity index (χ1v) is 21.0. The molecule has 0 aliphatic heterocycles. The van der Waals surface area contributed by atoms with Gasteiger partial charge in [-0.25, -0.2) is 23.2 Å². The quantitative estimate of drug-likeness (QED) is 0.0675. The first kappa shape index (κ1) is 41.3. The highest BCUT2D eigenvalue weighted by atomic mass is 32.2. The van der Waals surface area contributed by atoms with Crippen molar-refractivity contribution in [3.8, 4) is 28.3 Å². The van der Waals surface area contributed by atoms with Crippen LogP contribution in [-0.2, 0) is 31.3 Å². The number of Topliss-reactive ketones (excluding diaryl/α,β-unsaturated/α-hetero) is 1. The van der Waals surface area contributed by atoms with Crippen LogP contribution < -0.4 is 10.1 Å². The second-order valence-electron chi connectivity index (χ2n) is 14.5. The van der Waals surface area contributed by atoms with Crippen molar-refractivity contribution in [1.82, 2.24) is 15.3 Å². The van der Waals surface area contributed by atoms with Crippen molar-refractivity contribution in [2.24, 2.45) is 5.92 Å². The van der Waals surface area contributed by atoms with E-state index in [0.29, 0.717) is 17.3 Å². The second-order valence-corrected chi connectivity index (χ2v) is 17.9. The third-order valence-electron chi connectivity index (χ3n) is 8.86. The van der Waals surface area contributed by atoms with Crippen molar-refractivity contribution in [1.29, 1.82) is 0 Å². The average molecular weight is 762 g/mol. The van der Waals surface area contributed by atoms with Gasteiger partial charge >= 0.3 is 5.97 Å². The van der Waals surface area contributed by atoms with Crippen LogP contribution in [0.1, 0.15) is 92.8 Å². The van der Waals surface area contributed by atoms with Gasteiger partial charge in [-0.05, 0) is 60.1 Å². The van der Waals surface area contributed by atoms with E-state index in [1.54, 1.807) is 18.5 Å². The number of thiophene rings is 1. The van der Waals surface area contributed by atoms with Crippen molar-refractivity contribution in [2.45, 2.75) is 90.5 Å². The summed E-state index contributed by atoms with van der Waals surface area (Å²) in [6, 6.07) is 17.5. The summed E-state index contributed by atoms with van der Waals surface area (Å²) >= 11 is 1.38. The van der Waals surface area contributed by atoms with Crippen molar-refractivity contribution < 1.29 is 32.6 Å². The average Bonchev–Trinajstić information content (AvgIpc) is 3.63. The number of sulfone groups is 1. The number of rotatable bonds is 20. The predicted octanol–water partition coefficient (Wildman–Crippen LogP) is 7.95. The van der Waals surface area contributed by atoms with Crippen LogP contribution in [0.4, 0.5) is 0 Å². The van der Waals surface area contributed by atoms with Gasteiger partial charge in [-0.2, -0.15) is 0 Å². The Morgan fingerprint density at radius 1 is 0.868 bits per heavy atom. The standard InChI is InChI=1S/C41H51N3O7S2/c1-6-7-8-9-10-22-51-33-17-15-29(16-18-33)32-26-42-38(43-27-32)30-13-11-28(12-14-30)24-31(25-35(45)36-19-20-37(52-36)41(2,3)4)39(46)44-34(40(47)48)21-23-53(5,49)50/h11-20,26-27,31,34H,6-10,21-25H2,1-5H3,(H,44,46)(H,47,48)/t31-,34?/m1/s1. The van der Waals surface area contributed by atoms with Gasteiger partial charge in [0.05, 0.1) is 17.2 Å². The molecule has 0 saturated carbocycles. The first-order chi connectivity index (χ1) is 25.1. The summed E-state index contributed by atoms with van der Waals surface area (Å²) in [5.41, 5.74) is 3.21. The topological polar surface area (TPSA) is 153 Å². The number of aliphatic carboxylic acids is 1. The van der Waals surface area contributed by atoms with Gasteiger partial charge in [0.25, 0.3) is 0 Å². The molecule has 0 spiro atoms. The number of hydrogen-bond donors (Lipinski definition) is 2. The van der Waals surface area contributed by atoms with E-state index in [1.807, 2.05) is 54.6 Å². The minimum absolute atomic E-state index is 0.145. The molecule has 4 rings (SSSR count). The van der Waals surface area contributed by atoms with Crippen LogP contribution in [0.25, 0.3) is 22.5 Å². The molecule has 0 bridgehead atoms.